The Bertz CT molecular complexity index is 2410. The number of carboxylic acid groups (broad SMARTS) is 3. The van der Waals surface area contributed by atoms with Crippen molar-refractivity contribution in [2.75, 3.05) is 12.0 Å². The van der Waals surface area contributed by atoms with Crippen LogP contribution in [0.4, 0.5) is 0 Å². The molecule has 1 heterocycles. The highest BCUT2D eigenvalue weighted by atomic mass is 32.2. The first-order valence-electron chi connectivity index (χ1n) is 26.9. The van der Waals surface area contributed by atoms with Crippen LogP contribution in [0.25, 0.3) is 10.9 Å². The number of aromatic nitrogens is 1. The number of hydrogen-bond acceptors (Lipinski definition) is 13. The van der Waals surface area contributed by atoms with Crippen LogP contribution >= 0.6 is 11.8 Å². The number of aromatic amines is 1. The molecule has 0 aliphatic heterocycles. The smallest absolute Gasteiger partial charge is 0.326 e. The number of carboxylic acids is 3. The first kappa shape index (κ1) is 68.3. The Kier molecular flexibility index (Phi) is 29.1. The highest BCUT2D eigenvalue weighted by molar-refractivity contribution is 7.98. The van der Waals surface area contributed by atoms with Gasteiger partial charge in [-0.1, -0.05) is 93.9 Å². The first-order chi connectivity index (χ1) is 37.0. The van der Waals surface area contributed by atoms with Gasteiger partial charge in [0.2, 0.25) is 47.3 Å². The fraction of sp³-hybridized carbons (Fsp3) is 0.648. The molecular weight excluding hydrogens is 1040 g/mol. The molecule has 8 amide bonds. The van der Waals surface area contributed by atoms with Gasteiger partial charge < -0.3 is 68.6 Å². The monoisotopic (exact) mass is 1130 g/mol. The molecule has 0 saturated carbocycles. The summed E-state index contributed by atoms with van der Waals surface area (Å²) in [5, 5.41) is 50.4. The Labute approximate surface area is 466 Å². The van der Waals surface area contributed by atoms with Crippen LogP contribution in [0.1, 0.15) is 126 Å². The lowest BCUT2D eigenvalue weighted by Crippen LogP contribution is -2.61. The fourth-order valence-corrected chi connectivity index (χ4v) is 8.92. The molecule has 2 aromatic rings. The van der Waals surface area contributed by atoms with Gasteiger partial charge >= 0.3 is 17.9 Å². The van der Waals surface area contributed by atoms with Gasteiger partial charge in [-0.05, 0) is 85.3 Å². The van der Waals surface area contributed by atoms with E-state index in [1.54, 1.807) is 85.2 Å². The van der Waals surface area contributed by atoms with E-state index in [4.69, 9.17) is 5.73 Å². The number of rotatable bonds is 36. The van der Waals surface area contributed by atoms with Gasteiger partial charge in [-0.3, -0.25) is 47.9 Å². The molecule has 0 saturated heterocycles. The van der Waals surface area contributed by atoms with Crippen LogP contribution in [-0.4, -0.2) is 152 Å². The van der Waals surface area contributed by atoms with Gasteiger partial charge in [0.1, 0.15) is 48.3 Å². The molecule has 10 atom stereocenters. The number of para-hydroxylation sites is 1. The zero-order valence-corrected chi connectivity index (χ0v) is 48.2. The van der Waals surface area contributed by atoms with Crippen molar-refractivity contribution in [1.29, 1.82) is 0 Å². The standard InChI is InChI=1S/C54H86N10O14S/c1-12-31(10)44(55)53(76)63-39(23-29(6)7)50(73)59-38(22-28(4)5)49(72)62-41(25-43(67)68)52(75)61-40(24-32-26-56-34-16-14-13-15-33(32)34)51(74)60-37(21-27(2)3)48(71)58-36(19-20-79-11)46(69)57-35(17-18-42(65)66)47(70)64-45(30(8)9)54(77)78/h13-16,26-31,35-41,44-45,56H,12,17-25,55H2,1-11H3,(H,57,69)(H,58,71)(H,59,73)(H,60,74)(H,61,75)(H,62,72)(H,63,76)(H,64,70)(H,65,66)(H,67,68)(H,77,78)/t31-,35-,36-,37-,38-,39-,40-,41-,44-,45-/m0/s1. The zero-order chi connectivity index (χ0) is 59.8. The van der Waals surface area contributed by atoms with E-state index in [2.05, 4.69) is 47.5 Å². The summed E-state index contributed by atoms with van der Waals surface area (Å²) in [7, 11) is 0. The van der Waals surface area contributed by atoms with Crippen molar-refractivity contribution < 1.29 is 68.1 Å². The minimum absolute atomic E-state index is 0.00206. The van der Waals surface area contributed by atoms with E-state index >= 15 is 0 Å². The molecule has 442 valence electrons. The number of nitrogens with one attached hydrogen (secondary N) is 9. The number of H-pyrrole nitrogens is 1. The van der Waals surface area contributed by atoms with Crippen molar-refractivity contribution in [3.63, 3.8) is 0 Å². The van der Waals surface area contributed by atoms with Crippen LogP contribution in [0.3, 0.4) is 0 Å². The van der Waals surface area contributed by atoms with E-state index in [0.717, 1.165) is 0 Å². The number of benzene rings is 1. The summed E-state index contributed by atoms with van der Waals surface area (Å²) in [5.74, 6) is -12.1. The second-order valence-electron chi connectivity index (χ2n) is 21.7. The number of thioether (sulfide) groups is 1. The fourth-order valence-electron chi connectivity index (χ4n) is 8.45. The third-order valence-corrected chi connectivity index (χ3v) is 13.7. The summed E-state index contributed by atoms with van der Waals surface area (Å²) in [5.41, 5.74) is 7.39. The van der Waals surface area contributed by atoms with Crippen LogP contribution in [-0.2, 0) is 59.2 Å². The Morgan fingerprint density at radius 2 is 0.962 bits per heavy atom. The number of aliphatic carboxylic acids is 3. The molecule has 0 spiro atoms. The SMILES string of the molecule is CC[C@H](C)[C@H](N)C(=O)N[C@@H](CC(C)C)C(=O)N[C@@H](CC(C)C)C(=O)N[C@@H](CC(=O)O)C(=O)N[C@@H](Cc1c[nH]c2ccccc12)C(=O)N[C@@H](CC(C)C)C(=O)N[C@@H](CCSC)C(=O)N[C@@H](CCC(=O)O)C(=O)N[C@H](C(=O)O)C(C)C. The molecule has 0 fully saturated rings. The van der Waals surface area contributed by atoms with Crippen LogP contribution in [0.2, 0.25) is 0 Å². The third kappa shape index (κ3) is 23.6. The molecule has 0 unspecified atom stereocenters. The minimum atomic E-state index is -1.82. The quantitative estimate of drug-likeness (QED) is 0.0464. The van der Waals surface area contributed by atoms with Crippen molar-refractivity contribution in [1.82, 2.24) is 47.5 Å². The van der Waals surface area contributed by atoms with Crippen molar-refractivity contribution in [2.45, 2.75) is 181 Å². The van der Waals surface area contributed by atoms with E-state index in [1.165, 1.54) is 11.8 Å². The molecule has 1 aromatic heterocycles. The summed E-state index contributed by atoms with van der Waals surface area (Å²) in [6.07, 6.45) is 1.99. The van der Waals surface area contributed by atoms with Gasteiger partial charge in [-0.2, -0.15) is 11.8 Å². The lowest BCUT2D eigenvalue weighted by Gasteiger charge is -2.29. The second-order valence-corrected chi connectivity index (χ2v) is 22.7. The lowest BCUT2D eigenvalue weighted by molar-refractivity contribution is -0.144. The average molecular weight is 1130 g/mol. The molecule has 25 heteroatoms. The predicted octanol–water partition coefficient (Wildman–Crippen LogP) is 1.93. The topological polar surface area (TPSA) is 387 Å². The van der Waals surface area contributed by atoms with Gasteiger partial charge in [0.05, 0.1) is 12.5 Å². The molecule has 1 aromatic carbocycles. The van der Waals surface area contributed by atoms with Crippen molar-refractivity contribution in [3.8, 4) is 0 Å². The molecule has 0 aliphatic carbocycles. The minimum Gasteiger partial charge on any atom is -0.481 e. The number of amides is 8. The van der Waals surface area contributed by atoms with E-state index in [-0.39, 0.29) is 55.8 Å². The van der Waals surface area contributed by atoms with Crippen LogP contribution in [0, 0.1) is 29.6 Å². The largest absolute Gasteiger partial charge is 0.481 e. The number of hydrogen-bond donors (Lipinski definition) is 13. The Morgan fingerprint density at radius 1 is 0.544 bits per heavy atom. The first-order valence-corrected chi connectivity index (χ1v) is 28.3. The summed E-state index contributed by atoms with van der Waals surface area (Å²) in [6, 6.07) is -5.23. The molecule has 0 bridgehead atoms. The summed E-state index contributed by atoms with van der Waals surface area (Å²) in [6.45, 7) is 17.6. The highest BCUT2D eigenvalue weighted by Crippen LogP contribution is 2.20. The molecule has 0 radical (unpaired) electrons. The third-order valence-electron chi connectivity index (χ3n) is 13.1. The van der Waals surface area contributed by atoms with Crippen LogP contribution in [0.5, 0.6) is 0 Å². The van der Waals surface area contributed by atoms with E-state index < -0.39 is 145 Å². The lowest BCUT2D eigenvalue weighted by atomic mass is 9.97. The number of nitrogens with two attached hydrogens (primary N) is 1. The second kappa shape index (κ2) is 33.6. The Hall–Kier alpha value is -6.76. The summed E-state index contributed by atoms with van der Waals surface area (Å²) in [4.78, 5) is 151. The maximum absolute atomic E-state index is 14.7. The van der Waals surface area contributed by atoms with Gasteiger partial charge in [-0.25, -0.2) is 4.79 Å². The molecule has 14 N–H and O–H groups in total. The van der Waals surface area contributed by atoms with Crippen molar-refractivity contribution in [2.24, 2.45) is 35.3 Å². The normalized spacial score (nSPS) is 15.3. The maximum atomic E-state index is 14.7. The van der Waals surface area contributed by atoms with Gasteiger partial charge in [-0.15, -0.1) is 0 Å². The number of carbonyl (C=O) groups excluding carboxylic acids is 8. The molecular formula is C54H86N10O14S. The van der Waals surface area contributed by atoms with Crippen molar-refractivity contribution in [3.05, 3.63) is 36.0 Å². The molecule has 0 aliphatic rings. The van der Waals surface area contributed by atoms with Gasteiger partial charge in [0.15, 0.2) is 0 Å². The molecule has 24 nitrogen and oxygen atoms in total. The average Bonchev–Trinajstić information content (AvgIpc) is 3.78. The van der Waals surface area contributed by atoms with E-state index in [9.17, 15) is 68.1 Å². The zero-order valence-electron chi connectivity index (χ0n) is 47.4. The molecule has 79 heavy (non-hydrogen) atoms. The van der Waals surface area contributed by atoms with Gasteiger partial charge in [0.25, 0.3) is 0 Å². The van der Waals surface area contributed by atoms with Crippen LogP contribution in [0.15, 0.2) is 30.5 Å². The van der Waals surface area contributed by atoms with Crippen LogP contribution < -0.4 is 48.3 Å². The summed E-state index contributed by atoms with van der Waals surface area (Å²) >= 11 is 1.33. The van der Waals surface area contributed by atoms with E-state index in [1.807, 2.05) is 20.8 Å². The predicted molar refractivity (Wildman–Crippen MR) is 298 cm³/mol. The highest BCUT2D eigenvalue weighted by Gasteiger charge is 2.37. The molecule has 2 rings (SSSR count). The Balaban J connectivity index is 2.57. The number of carbonyl (C=O) groups is 11. The van der Waals surface area contributed by atoms with Crippen molar-refractivity contribution >= 4 is 87.8 Å². The Morgan fingerprint density at radius 3 is 1.42 bits per heavy atom. The maximum Gasteiger partial charge on any atom is 0.326 e. The number of fused-ring (bicyclic) bond motifs is 1. The van der Waals surface area contributed by atoms with Gasteiger partial charge in [0, 0.05) is 29.9 Å². The van der Waals surface area contributed by atoms with E-state index in [0.29, 0.717) is 28.6 Å². The summed E-state index contributed by atoms with van der Waals surface area (Å²) < 4.78 is 0.